The Morgan fingerprint density at radius 1 is 1.16 bits per heavy atom. The summed E-state index contributed by atoms with van der Waals surface area (Å²) in [5, 5.41) is 0.513. The fourth-order valence-electron chi connectivity index (χ4n) is 3.72. The van der Waals surface area contributed by atoms with Crippen LogP contribution < -0.4 is 5.43 Å². The fraction of sp³-hybridized carbons (Fsp3) is 0.167. The molecule has 160 valence electrons. The van der Waals surface area contributed by atoms with E-state index in [0.717, 1.165) is 38.5 Å². The van der Waals surface area contributed by atoms with Crippen LogP contribution in [0.2, 0.25) is 0 Å². The first-order valence-corrected chi connectivity index (χ1v) is 12.0. The molecule has 5 aromatic rings. The number of para-hydroxylation sites is 1. The van der Waals surface area contributed by atoms with Crippen LogP contribution in [0.4, 0.5) is 0 Å². The predicted octanol–water partition coefficient (Wildman–Crippen LogP) is 4.97. The molecule has 32 heavy (non-hydrogen) atoms. The Kier molecular flexibility index (Phi) is 5.63. The predicted molar refractivity (Wildman–Crippen MR) is 129 cm³/mol. The van der Waals surface area contributed by atoms with Crippen molar-refractivity contribution in [1.82, 2.24) is 14.4 Å². The maximum atomic E-state index is 13.4. The lowest BCUT2D eigenvalue weighted by atomic mass is 10.1. The Labute approximate surface area is 191 Å². The lowest BCUT2D eigenvalue weighted by Crippen LogP contribution is -2.19. The molecule has 5 rings (SSSR count). The molecule has 0 spiro atoms. The van der Waals surface area contributed by atoms with Crippen molar-refractivity contribution in [2.24, 2.45) is 0 Å². The number of aromatic nitrogens is 3. The van der Waals surface area contributed by atoms with E-state index in [9.17, 15) is 9.59 Å². The van der Waals surface area contributed by atoms with Crippen molar-refractivity contribution >= 4 is 55.0 Å². The van der Waals surface area contributed by atoms with E-state index in [-0.39, 0.29) is 17.6 Å². The van der Waals surface area contributed by atoms with Crippen LogP contribution in [0.1, 0.15) is 23.0 Å². The number of nitrogens with zero attached hydrogens (tertiary/aromatic N) is 3. The minimum absolute atomic E-state index is 0.0993. The molecule has 6 nitrogen and oxygen atoms in total. The zero-order chi connectivity index (χ0) is 22.1. The molecule has 0 N–H and O–H groups in total. The van der Waals surface area contributed by atoms with E-state index in [1.165, 1.54) is 11.3 Å². The zero-order valence-electron chi connectivity index (χ0n) is 17.3. The van der Waals surface area contributed by atoms with Crippen molar-refractivity contribution in [3.63, 3.8) is 0 Å². The van der Waals surface area contributed by atoms with Crippen LogP contribution in [0, 0.1) is 0 Å². The van der Waals surface area contributed by atoms with Gasteiger partial charge in [-0.15, -0.1) is 23.1 Å². The Morgan fingerprint density at radius 2 is 2.03 bits per heavy atom. The molecule has 2 aromatic carbocycles. The van der Waals surface area contributed by atoms with Gasteiger partial charge in [-0.2, -0.15) is 0 Å². The van der Waals surface area contributed by atoms with Crippen molar-refractivity contribution in [2.75, 3.05) is 12.4 Å². The standard InChI is InChI=1S/C24H19N3O3S2/c1-2-30-24(29)21-22(28)17-13-16(31-12-9-15-14-25-10-11-26-15)7-8-18(17)27-19-5-3-4-6-20(19)32-23(21)27/h3-8,10-11,13-14H,2,9,12H2,1H3. The number of hydrogen-bond donors (Lipinski definition) is 0. The van der Waals surface area contributed by atoms with Gasteiger partial charge in [0.2, 0.25) is 5.43 Å². The summed E-state index contributed by atoms with van der Waals surface area (Å²) in [5.74, 6) is 0.226. The smallest absolute Gasteiger partial charge is 0.345 e. The van der Waals surface area contributed by atoms with Crippen molar-refractivity contribution in [2.45, 2.75) is 18.2 Å². The summed E-state index contributed by atoms with van der Waals surface area (Å²) in [6.07, 6.45) is 5.88. The van der Waals surface area contributed by atoms with Gasteiger partial charge in [0.1, 0.15) is 10.4 Å². The van der Waals surface area contributed by atoms with E-state index in [1.54, 1.807) is 37.3 Å². The number of fused-ring (bicyclic) bond motifs is 5. The van der Waals surface area contributed by atoms with E-state index < -0.39 is 5.97 Å². The molecule has 0 aliphatic heterocycles. The lowest BCUT2D eigenvalue weighted by molar-refractivity contribution is 0.0527. The van der Waals surface area contributed by atoms with Gasteiger partial charge >= 0.3 is 5.97 Å². The minimum Gasteiger partial charge on any atom is -0.462 e. The summed E-state index contributed by atoms with van der Waals surface area (Å²) < 4.78 is 8.25. The van der Waals surface area contributed by atoms with Gasteiger partial charge in [0.15, 0.2) is 0 Å². The molecule has 0 unspecified atom stereocenters. The molecule has 0 saturated carbocycles. The van der Waals surface area contributed by atoms with Gasteiger partial charge in [0, 0.05) is 41.0 Å². The number of rotatable bonds is 6. The quantitative estimate of drug-likeness (QED) is 0.263. The number of thioether (sulfide) groups is 1. The maximum Gasteiger partial charge on any atom is 0.345 e. The van der Waals surface area contributed by atoms with Crippen LogP contribution in [0.25, 0.3) is 25.9 Å². The Balaban J connectivity index is 1.64. The van der Waals surface area contributed by atoms with Gasteiger partial charge in [0.05, 0.1) is 28.0 Å². The number of esters is 1. The van der Waals surface area contributed by atoms with Crippen LogP contribution in [0.3, 0.4) is 0 Å². The molecule has 0 saturated heterocycles. The van der Waals surface area contributed by atoms with Crippen molar-refractivity contribution in [1.29, 1.82) is 0 Å². The zero-order valence-corrected chi connectivity index (χ0v) is 18.9. The molecule has 3 aromatic heterocycles. The SMILES string of the molecule is CCOC(=O)c1c(=O)c2cc(SCCc3cnccn3)ccc2n2c1sc1ccccc12. The summed E-state index contributed by atoms with van der Waals surface area (Å²) in [5.41, 5.74) is 2.49. The molecule has 0 atom stereocenters. The van der Waals surface area contributed by atoms with Crippen LogP contribution in [-0.4, -0.2) is 32.7 Å². The van der Waals surface area contributed by atoms with Crippen LogP contribution >= 0.6 is 23.1 Å². The van der Waals surface area contributed by atoms with Crippen molar-refractivity contribution in [3.8, 4) is 0 Å². The Bertz CT molecular complexity index is 1510. The highest BCUT2D eigenvalue weighted by atomic mass is 32.2. The van der Waals surface area contributed by atoms with Gasteiger partial charge in [-0.05, 0) is 37.3 Å². The number of benzene rings is 2. The highest BCUT2D eigenvalue weighted by Gasteiger charge is 2.22. The van der Waals surface area contributed by atoms with Crippen LogP contribution in [0.5, 0.6) is 0 Å². The number of pyridine rings is 1. The maximum absolute atomic E-state index is 13.4. The number of thiazole rings is 1. The molecule has 0 aliphatic carbocycles. The molecule has 0 amide bonds. The van der Waals surface area contributed by atoms with E-state index in [0.29, 0.717) is 10.2 Å². The van der Waals surface area contributed by atoms with E-state index in [4.69, 9.17) is 4.74 Å². The second kappa shape index (κ2) is 8.72. The second-order valence-corrected chi connectivity index (χ2v) is 9.31. The average Bonchev–Trinajstić information content (AvgIpc) is 3.19. The van der Waals surface area contributed by atoms with Crippen LogP contribution in [0.15, 0.2) is 70.7 Å². The summed E-state index contributed by atoms with van der Waals surface area (Å²) in [4.78, 5) is 36.2. The number of hydrogen-bond acceptors (Lipinski definition) is 7. The fourth-order valence-corrected chi connectivity index (χ4v) is 5.82. The van der Waals surface area contributed by atoms with Crippen LogP contribution in [-0.2, 0) is 11.2 Å². The summed E-state index contributed by atoms with van der Waals surface area (Å²) in [7, 11) is 0. The number of ether oxygens (including phenoxy) is 1. The second-order valence-electron chi connectivity index (χ2n) is 7.11. The highest BCUT2D eigenvalue weighted by Crippen LogP contribution is 2.32. The first kappa shape index (κ1) is 20.7. The first-order chi connectivity index (χ1) is 15.7. The van der Waals surface area contributed by atoms with Gasteiger partial charge in [-0.3, -0.25) is 19.2 Å². The topological polar surface area (TPSA) is 73.6 Å². The number of carbonyl (C=O) groups is 1. The molecule has 0 aliphatic rings. The highest BCUT2D eigenvalue weighted by molar-refractivity contribution is 7.99. The molecule has 3 heterocycles. The summed E-state index contributed by atoms with van der Waals surface area (Å²) >= 11 is 3.08. The Morgan fingerprint density at radius 3 is 2.84 bits per heavy atom. The van der Waals surface area contributed by atoms with Crippen molar-refractivity contribution < 1.29 is 9.53 Å². The number of carbonyl (C=O) groups excluding carboxylic acids is 1. The molecule has 0 radical (unpaired) electrons. The summed E-state index contributed by atoms with van der Waals surface area (Å²) in [6, 6.07) is 13.8. The van der Waals surface area contributed by atoms with E-state index in [2.05, 4.69) is 9.97 Å². The third-order valence-electron chi connectivity index (χ3n) is 5.13. The molecule has 0 bridgehead atoms. The van der Waals surface area contributed by atoms with Gasteiger partial charge in [-0.25, -0.2) is 4.79 Å². The summed E-state index contributed by atoms with van der Waals surface area (Å²) in [6.45, 7) is 1.95. The molecule has 8 heteroatoms. The monoisotopic (exact) mass is 461 g/mol. The number of aryl methyl sites for hydroxylation is 1. The largest absolute Gasteiger partial charge is 0.462 e. The Hall–Kier alpha value is -3.23. The molecular formula is C24H19N3O3S2. The van der Waals surface area contributed by atoms with Crippen molar-refractivity contribution in [3.05, 3.63) is 82.5 Å². The third-order valence-corrected chi connectivity index (χ3v) is 7.27. The van der Waals surface area contributed by atoms with E-state index in [1.807, 2.05) is 46.9 Å². The molecular weight excluding hydrogens is 442 g/mol. The normalized spacial score (nSPS) is 11.4. The van der Waals surface area contributed by atoms with E-state index >= 15 is 0 Å². The van der Waals surface area contributed by atoms with Gasteiger partial charge in [-0.1, -0.05) is 12.1 Å². The minimum atomic E-state index is -0.579. The third kappa shape index (κ3) is 3.65. The van der Waals surface area contributed by atoms with Gasteiger partial charge < -0.3 is 4.74 Å². The lowest BCUT2D eigenvalue weighted by Gasteiger charge is -2.10. The van der Waals surface area contributed by atoms with Gasteiger partial charge in [0.25, 0.3) is 0 Å². The average molecular weight is 462 g/mol. The molecule has 0 fully saturated rings. The first-order valence-electron chi connectivity index (χ1n) is 10.2.